The molecule has 0 atom stereocenters. The first-order valence-corrected chi connectivity index (χ1v) is 6.39. The summed E-state index contributed by atoms with van der Waals surface area (Å²) in [5, 5.41) is 2.74. The van der Waals surface area contributed by atoms with Crippen LogP contribution in [0.4, 0.5) is 25.8 Å². The van der Waals surface area contributed by atoms with Crippen molar-refractivity contribution in [3.05, 3.63) is 53.6 Å². The van der Waals surface area contributed by atoms with Crippen LogP contribution in [0.1, 0.15) is 26.3 Å². The van der Waals surface area contributed by atoms with Gasteiger partial charge in [0.05, 0.1) is 0 Å². The third-order valence-corrected chi connectivity index (χ3v) is 3.08. The van der Waals surface area contributed by atoms with Gasteiger partial charge in [-0.25, -0.2) is 8.78 Å². The molecule has 0 saturated heterocycles. The van der Waals surface area contributed by atoms with Crippen molar-refractivity contribution in [1.82, 2.24) is 0 Å². The van der Waals surface area contributed by atoms with Crippen molar-refractivity contribution in [3.63, 3.8) is 0 Å². The predicted octanol–water partition coefficient (Wildman–Crippen LogP) is 4.59. The summed E-state index contributed by atoms with van der Waals surface area (Å²) in [5.74, 6) is -1.41. The predicted molar refractivity (Wildman–Crippen MR) is 79.2 cm³/mol. The zero-order valence-corrected chi connectivity index (χ0v) is 11.8. The lowest BCUT2D eigenvalue weighted by Crippen LogP contribution is -2.10. The molecule has 20 heavy (non-hydrogen) atoms. The fourth-order valence-electron chi connectivity index (χ4n) is 1.91. The fraction of sp³-hybridized carbons (Fsp3) is 0.250. The van der Waals surface area contributed by atoms with Gasteiger partial charge in [-0.2, -0.15) is 0 Å². The lowest BCUT2D eigenvalue weighted by Gasteiger charge is -2.19. The molecule has 0 aliphatic heterocycles. The Bertz CT molecular complexity index is 590. The average molecular weight is 276 g/mol. The summed E-state index contributed by atoms with van der Waals surface area (Å²) >= 11 is 0. The van der Waals surface area contributed by atoms with Crippen LogP contribution in [-0.2, 0) is 5.41 Å². The van der Waals surface area contributed by atoms with Gasteiger partial charge in [0.15, 0.2) is 11.6 Å². The second kappa shape index (κ2) is 5.12. The number of hydrogen-bond acceptors (Lipinski definition) is 2. The van der Waals surface area contributed by atoms with Crippen LogP contribution in [-0.4, -0.2) is 0 Å². The Morgan fingerprint density at radius 1 is 0.950 bits per heavy atom. The topological polar surface area (TPSA) is 38.0 Å². The Morgan fingerprint density at radius 3 is 1.90 bits per heavy atom. The van der Waals surface area contributed by atoms with Gasteiger partial charge in [0, 0.05) is 11.4 Å². The molecule has 106 valence electrons. The first-order chi connectivity index (χ1) is 9.27. The van der Waals surface area contributed by atoms with Crippen molar-refractivity contribution in [2.75, 3.05) is 11.1 Å². The van der Waals surface area contributed by atoms with E-state index in [1.807, 2.05) is 12.1 Å². The summed E-state index contributed by atoms with van der Waals surface area (Å²) in [6, 6.07) is 9.67. The van der Waals surface area contributed by atoms with Gasteiger partial charge in [0.2, 0.25) is 0 Å². The van der Waals surface area contributed by atoms with E-state index in [-0.39, 0.29) is 16.8 Å². The molecular formula is C16H18F2N2. The summed E-state index contributed by atoms with van der Waals surface area (Å²) < 4.78 is 27.4. The molecule has 0 aliphatic rings. The monoisotopic (exact) mass is 276 g/mol. The fourth-order valence-corrected chi connectivity index (χ4v) is 1.91. The molecular weight excluding hydrogens is 258 g/mol. The van der Waals surface area contributed by atoms with E-state index < -0.39 is 11.6 Å². The van der Waals surface area contributed by atoms with Crippen LogP contribution in [0.3, 0.4) is 0 Å². The molecule has 2 rings (SSSR count). The Labute approximate surface area is 117 Å². The molecule has 4 heteroatoms. The van der Waals surface area contributed by atoms with Gasteiger partial charge in [-0.1, -0.05) is 32.9 Å². The van der Waals surface area contributed by atoms with Gasteiger partial charge in [-0.15, -0.1) is 0 Å². The third-order valence-electron chi connectivity index (χ3n) is 3.08. The smallest absolute Gasteiger partial charge is 0.151 e. The van der Waals surface area contributed by atoms with Crippen molar-refractivity contribution in [1.29, 1.82) is 0 Å². The van der Waals surface area contributed by atoms with Crippen molar-refractivity contribution in [3.8, 4) is 0 Å². The molecule has 3 N–H and O–H groups in total. The Hall–Kier alpha value is -2.10. The highest BCUT2D eigenvalue weighted by atomic mass is 19.1. The number of halogens is 2. The maximum absolute atomic E-state index is 13.7. The minimum absolute atomic E-state index is 0.0379. The number of anilines is 3. The van der Waals surface area contributed by atoms with Crippen LogP contribution in [0, 0.1) is 11.6 Å². The van der Waals surface area contributed by atoms with E-state index in [9.17, 15) is 8.78 Å². The zero-order chi connectivity index (χ0) is 14.9. The van der Waals surface area contributed by atoms with Gasteiger partial charge >= 0.3 is 0 Å². The average Bonchev–Trinajstić information content (AvgIpc) is 2.33. The summed E-state index contributed by atoms with van der Waals surface area (Å²) in [6.07, 6.45) is 0. The molecule has 0 spiro atoms. The van der Waals surface area contributed by atoms with E-state index in [2.05, 4.69) is 26.1 Å². The van der Waals surface area contributed by atoms with Gasteiger partial charge in [-0.3, -0.25) is 0 Å². The number of hydrogen-bond donors (Lipinski definition) is 2. The number of nitrogens with two attached hydrogens (primary N) is 1. The van der Waals surface area contributed by atoms with Crippen LogP contribution in [0.2, 0.25) is 0 Å². The molecule has 0 fully saturated rings. The highest BCUT2D eigenvalue weighted by molar-refractivity contribution is 5.63. The first kappa shape index (κ1) is 14.3. The quantitative estimate of drug-likeness (QED) is 0.787. The molecule has 0 saturated carbocycles. The van der Waals surface area contributed by atoms with Gasteiger partial charge in [0.1, 0.15) is 5.69 Å². The number of nitrogens with one attached hydrogen (secondary N) is 1. The minimum Gasteiger partial charge on any atom is -0.399 e. The van der Waals surface area contributed by atoms with E-state index in [0.29, 0.717) is 5.69 Å². The van der Waals surface area contributed by atoms with E-state index in [1.54, 1.807) is 12.1 Å². The summed E-state index contributed by atoms with van der Waals surface area (Å²) in [7, 11) is 0. The highest BCUT2D eigenvalue weighted by Gasteiger charge is 2.14. The number of nitrogen functional groups attached to an aromatic ring is 1. The van der Waals surface area contributed by atoms with Crippen LogP contribution >= 0.6 is 0 Å². The molecule has 0 aromatic heterocycles. The maximum atomic E-state index is 13.7. The van der Waals surface area contributed by atoms with Crippen molar-refractivity contribution in [2.24, 2.45) is 0 Å². The van der Waals surface area contributed by atoms with Gasteiger partial charge < -0.3 is 11.1 Å². The largest absolute Gasteiger partial charge is 0.399 e. The molecule has 0 bridgehead atoms. The zero-order valence-electron chi connectivity index (χ0n) is 11.8. The molecule has 0 amide bonds. The molecule has 0 aliphatic carbocycles. The number of benzene rings is 2. The molecule has 2 nitrogen and oxygen atoms in total. The maximum Gasteiger partial charge on any atom is 0.151 e. The van der Waals surface area contributed by atoms with Crippen LogP contribution < -0.4 is 11.1 Å². The molecule has 2 aromatic carbocycles. The molecule has 2 aromatic rings. The van der Waals surface area contributed by atoms with Crippen molar-refractivity contribution < 1.29 is 8.78 Å². The standard InChI is InChI=1S/C16H18F2N2/c1-16(2,3)10-4-6-12(7-5-10)20-15-13(17)8-11(19)9-14(15)18/h4-9,20H,19H2,1-3H3. The van der Waals surface area contributed by atoms with Crippen molar-refractivity contribution in [2.45, 2.75) is 26.2 Å². The van der Waals surface area contributed by atoms with Crippen molar-refractivity contribution >= 4 is 17.1 Å². The van der Waals surface area contributed by atoms with E-state index in [0.717, 1.165) is 17.7 Å². The Balaban J connectivity index is 2.27. The highest BCUT2D eigenvalue weighted by Crippen LogP contribution is 2.28. The SMILES string of the molecule is CC(C)(C)c1ccc(Nc2c(F)cc(N)cc2F)cc1. The minimum atomic E-state index is -0.706. The van der Waals surface area contributed by atoms with Crippen LogP contribution in [0.25, 0.3) is 0 Å². The van der Waals surface area contributed by atoms with Gasteiger partial charge in [-0.05, 0) is 35.2 Å². The van der Waals surface area contributed by atoms with Crippen LogP contribution in [0.15, 0.2) is 36.4 Å². The van der Waals surface area contributed by atoms with Crippen LogP contribution in [0.5, 0.6) is 0 Å². The summed E-state index contributed by atoms with van der Waals surface area (Å²) in [5.41, 5.74) is 7.07. The summed E-state index contributed by atoms with van der Waals surface area (Å²) in [4.78, 5) is 0. The lowest BCUT2D eigenvalue weighted by molar-refractivity contribution is 0.589. The second-order valence-corrected chi connectivity index (χ2v) is 5.81. The molecule has 0 radical (unpaired) electrons. The number of rotatable bonds is 2. The lowest BCUT2D eigenvalue weighted by atomic mass is 9.87. The van der Waals surface area contributed by atoms with E-state index in [1.165, 1.54) is 0 Å². The second-order valence-electron chi connectivity index (χ2n) is 5.81. The normalized spacial score (nSPS) is 11.4. The van der Waals surface area contributed by atoms with E-state index >= 15 is 0 Å². The van der Waals surface area contributed by atoms with E-state index in [4.69, 9.17) is 5.73 Å². The van der Waals surface area contributed by atoms with Gasteiger partial charge in [0.25, 0.3) is 0 Å². The molecule has 0 heterocycles. The first-order valence-electron chi connectivity index (χ1n) is 6.39. The Morgan fingerprint density at radius 2 is 1.45 bits per heavy atom. The Kier molecular flexibility index (Phi) is 3.66. The third kappa shape index (κ3) is 3.07. The molecule has 0 unspecified atom stereocenters. The summed E-state index contributed by atoms with van der Waals surface area (Å²) in [6.45, 7) is 6.32.